The highest BCUT2D eigenvalue weighted by Gasteiger charge is 2.19. The maximum atomic E-state index is 12.2. The molecule has 162 valence electrons. The highest BCUT2D eigenvalue weighted by Crippen LogP contribution is 2.34. The average molecular weight is 422 g/mol. The van der Waals surface area contributed by atoms with Crippen LogP contribution in [0.3, 0.4) is 0 Å². The molecule has 0 unspecified atom stereocenters. The molecule has 0 aromatic heterocycles. The topological polar surface area (TPSA) is 83.1 Å². The first-order valence-electron chi connectivity index (χ1n) is 10.3. The summed E-state index contributed by atoms with van der Waals surface area (Å²) in [4.78, 5) is 28.7. The van der Waals surface area contributed by atoms with Crippen LogP contribution in [0.4, 0.5) is 10.5 Å². The Hall–Kier alpha value is -3.36. The molecule has 1 fully saturated rings. The Morgan fingerprint density at radius 2 is 1.68 bits per heavy atom. The minimum Gasteiger partial charge on any atom is -0.454 e. The van der Waals surface area contributed by atoms with Gasteiger partial charge in [-0.15, -0.1) is 0 Å². The molecule has 2 aliphatic heterocycles. The van der Waals surface area contributed by atoms with Crippen LogP contribution in [0.1, 0.15) is 5.56 Å². The number of nitrogens with one attached hydrogen (secondary N) is 2. The number of carbonyl (C=O) groups is 2. The van der Waals surface area contributed by atoms with E-state index in [1.165, 1.54) is 5.56 Å². The van der Waals surface area contributed by atoms with Crippen LogP contribution < -0.4 is 20.1 Å². The van der Waals surface area contributed by atoms with Gasteiger partial charge in [0, 0.05) is 44.5 Å². The third-order valence-corrected chi connectivity index (χ3v) is 5.19. The van der Waals surface area contributed by atoms with Crippen molar-refractivity contribution in [3.8, 4) is 11.5 Å². The lowest BCUT2D eigenvalue weighted by Crippen LogP contribution is -2.50. The molecule has 2 heterocycles. The van der Waals surface area contributed by atoms with Crippen LogP contribution in [-0.4, -0.2) is 67.8 Å². The minimum atomic E-state index is -0.562. The van der Waals surface area contributed by atoms with E-state index < -0.39 is 6.03 Å². The molecule has 2 aliphatic rings. The number of imide groups is 1. The van der Waals surface area contributed by atoms with Gasteiger partial charge in [0.05, 0.1) is 6.54 Å². The lowest BCUT2D eigenvalue weighted by atomic mass is 10.2. The van der Waals surface area contributed by atoms with Crippen molar-refractivity contribution in [3.05, 3.63) is 60.2 Å². The fraction of sp³-hybridized carbons (Fsp3) is 0.304. The summed E-state index contributed by atoms with van der Waals surface area (Å²) in [5.41, 5.74) is 1.73. The van der Waals surface area contributed by atoms with E-state index in [2.05, 4.69) is 44.7 Å². The van der Waals surface area contributed by atoms with Crippen LogP contribution in [0.15, 0.2) is 54.6 Å². The van der Waals surface area contributed by atoms with E-state index in [1.54, 1.807) is 18.2 Å². The quantitative estimate of drug-likeness (QED) is 0.744. The Kier molecular flexibility index (Phi) is 6.81. The fourth-order valence-electron chi connectivity index (χ4n) is 3.54. The van der Waals surface area contributed by atoms with Crippen LogP contribution in [0.5, 0.6) is 11.5 Å². The second-order valence-corrected chi connectivity index (χ2v) is 7.46. The molecule has 2 N–H and O–H groups in total. The summed E-state index contributed by atoms with van der Waals surface area (Å²) in [6, 6.07) is 14.7. The van der Waals surface area contributed by atoms with E-state index in [0.717, 1.165) is 32.7 Å². The van der Waals surface area contributed by atoms with Gasteiger partial charge >= 0.3 is 6.03 Å². The van der Waals surface area contributed by atoms with Gasteiger partial charge < -0.3 is 14.8 Å². The molecule has 8 nitrogen and oxygen atoms in total. The van der Waals surface area contributed by atoms with E-state index in [9.17, 15) is 9.59 Å². The van der Waals surface area contributed by atoms with Crippen molar-refractivity contribution < 1.29 is 19.1 Å². The van der Waals surface area contributed by atoms with E-state index in [0.29, 0.717) is 17.2 Å². The number of nitrogens with zero attached hydrogens (tertiary/aromatic N) is 2. The summed E-state index contributed by atoms with van der Waals surface area (Å²) in [7, 11) is 0. The lowest BCUT2D eigenvalue weighted by molar-refractivity contribution is -0.121. The molecule has 3 amide bonds. The normalized spacial score (nSPS) is 16.4. The number of hydrogen-bond donors (Lipinski definition) is 2. The molecular formula is C23H26N4O4. The maximum absolute atomic E-state index is 12.2. The third kappa shape index (κ3) is 6.07. The highest BCUT2D eigenvalue weighted by molar-refractivity contribution is 6.01. The van der Waals surface area contributed by atoms with Crippen LogP contribution in [0.2, 0.25) is 0 Å². The van der Waals surface area contributed by atoms with Crippen molar-refractivity contribution in [1.82, 2.24) is 15.1 Å². The molecule has 0 saturated carbocycles. The van der Waals surface area contributed by atoms with Crippen LogP contribution >= 0.6 is 0 Å². The van der Waals surface area contributed by atoms with E-state index in [4.69, 9.17) is 9.47 Å². The monoisotopic (exact) mass is 422 g/mol. The van der Waals surface area contributed by atoms with Gasteiger partial charge in [-0.2, -0.15) is 0 Å². The number of urea groups is 1. The zero-order valence-corrected chi connectivity index (χ0v) is 17.3. The molecule has 4 rings (SSSR count). The van der Waals surface area contributed by atoms with Crippen molar-refractivity contribution in [2.45, 2.75) is 0 Å². The van der Waals surface area contributed by atoms with E-state index >= 15 is 0 Å². The number of piperazine rings is 1. The molecule has 0 atom stereocenters. The molecule has 2 aromatic rings. The first kappa shape index (κ1) is 20.9. The molecular weight excluding hydrogens is 396 g/mol. The number of benzene rings is 2. The van der Waals surface area contributed by atoms with Gasteiger partial charge in [0.25, 0.3) is 0 Å². The minimum absolute atomic E-state index is 0.167. The van der Waals surface area contributed by atoms with E-state index in [1.807, 2.05) is 18.2 Å². The van der Waals surface area contributed by atoms with Crippen molar-refractivity contribution in [2.24, 2.45) is 0 Å². The SMILES string of the molecule is O=C(CN1CCN(C/C=C/c2ccccc2)CC1)NC(=O)Nc1ccc2c(c1)OCO2. The summed E-state index contributed by atoms with van der Waals surface area (Å²) < 4.78 is 10.5. The second-order valence-electron chi connectivity index (χ2n) is 7.46. The number of ether oxygens (including phenoxy) is 2. The molecule has 2 aromatic carbocycles. The highest BCUT2D eigenvalue weighted by atomic mass is 16.7. The standard InChI is InChI=1S/C23H26N4O4/c28-22(25-23(29)24-19-8-9-20-21(15-19)31-17-30-20)16-27-13-11-26(12-14-27)10-4-7-18-5-2-1-3-6-18/h1-9,15H,10-14,16-17H2,(H2,24,25,28,29)/b7-4+. The first-order chi connectivity index (χ1) is 15.2. The smallest absolute Gasteiger partial charge is 0.325 e. The Balaban J connectivity index is 1.15. The second kappa shape index (κ2) is 10.1. The number of anilines is 1. The summed E-state index contributed by atoms with van der Waals surface area (Å²) in [5.74, 6) is 0.882. The Morgan fingerprint density at radius 1 is 0.935 bits per heavy atom. The zero-order chi connectivity index (χ0) is 21.5. The Labute approximate surface area is 181 Å². The molecule has 0 aliphatic carbocycles. The first-order valence-corrected chi connectivity index (χ1v) is 10.3. The van der Waals surface area contributed by atoms with Crippen molar-refractivity contribution in [2.75, 3.05) is 51.4 Å². The number of carbonyl (C=O) groups excluding carboxylic acids is 2. The van der Waals surface area contributed by atoms with Gasteiger partial charge in [0.1, 0.15) is 0 Å². The third-order valence-electron chi connectivity index (χ3n) is 5.19. The Morgan fingerprint density at radius 3 is 2.48 bits per heavy atom. The summed E-state index contributed by atoms with van der Waals surface area (Å²) in [6.07, 6.45) is 4.29. The van der Waals surface area contributed by atoms with Crippen molar-refractivity contribution in [1.29, 1.82) is 0 Å². The summed E-state index contributed by atoms with van der Waals surface area (Å²) in [5, 5.41) is 5.02. The summed E-state index contributed by atoms with van der Waals surface area (Å²) in [6.45, 7) is 4.59. The molecule has 0 bridgehead atoms. The number of rotatable bonds is 6. The summed E-state index contributed by atoms with van der Waals surface area (Å²) >= 11 is 0. The van der Waals surface area contributed by atoms with Crippen LogP contribution in [0, 0.1) is 0 Å². The number of hydrogen-bond acceptors (Lipinski definition) is 6. The number of amides is 3. The van der Waals surface area contributed by atoms with Gasteiger partial charge in [-0.1, -0.05) is 42.5 Å². The molecule has 1 saturated heterocycles. The molecule has 8 heteroatoms. The largest absolute Gasteiger partial charge is 0.454 e. The number of fused-ring (bicyclic) bond motifs is 1. The Bertz CT molecular complexity index is 940. The molecule has 0 spiro atoms. The van der Waals surface area contributed by atoms with Crippen LogP contribution in [0.25, 0.3) is 6.08 Å². The zero-order valence-electron chi connectivity index (χ0n) is 17.3. The van der Waals surface area contributed by atoms with Gasteiger partial charge in [0.15, 0.2) is 11.5 Å². The predicted molar refractivity (Wildman–Crippen MR) is 118 cm³/mol. The van der Waals surface area contributed by atoms with Gasteiger partial charge in [-0.05, 0) is 17.7 Å². The van der Waals surface area contributed by atoms with Gasteiger partial charge in [-0.3, -0.25) is 19.9 Å². The molecule has 31 heavy (non-hydrogen) atoms. The lowest BCUT2D eigenvalue weighted by Gasteiger charge is -2.33. The van der Waals surface area contributed by atoms with Gasteiger partial charge in [0.2, 0.25) is 12.7 Å². The fourth-order valence-corrected chi connectivity index (χ4v) is 3.54. The van der Waals surface area contributed by atoms with E-state index in [-0.39, 0.29) is 19.2 Å². The average Bonchev–Trinajstić information content (AvgIpc) is 3.23. The van der Waals surface area contributed by atoms with Crippen molar-refractivity contribution >= 4 is 23.7 Å². The molecule has 0 radical (unpaired) electrons. The van der Waals surface area contributed by atoms with Crippen LogP contribution in [-0.2, 0) is 4.79 Å². The van der Waals surface area contributed by atoms with Crippen molar-refractivity contribution in [3.63, 3.8) is 0 Å². The van der Waals surface area contributed by atoms with Gasteiger partial charge in [-0.25, -0.2) is 4.79 Å². The predicted octanol–water partition coefficient (Wildman–Crippen LogP) is 2.39. The maximum Gasteiger partial charge on any atom is 0.325 e.